The standard InChI is InChI=1S/C48H35NS/c1-3-12-34(13-4-1)36-24-28-41(29-25-36)49(42-30-26-37(27-31-42)39-17-9-16-38(32-39)35-14-5-2-6-15-35)43-19-10-18-40(33-43)44-21-11-22-46-45-20-7-8-23-47(45)50-48(44)46/h1-16,18-33,39H,17H2. The molecule has 8 aromatic rings. The number of anilines is 3. The minimum absolute atomic E-state index is 0.341. The van der Waals surface area contributed by atoms with E-state index >= 15 is 0 Å². The van der Waals surface area contributed by atoms with Crippen molar-refractivity contribution in [3.63, 3.8) is 0 Å². The second-order valence-electron chi connectivity index (χ2n) is 12.9. The molecule has 1 heterocycles. The largest absolute Gasteiger partial charge is 0.310 e. The lowest BCUT2D eigenvalue weighted by atomic mass is 9.87. The molecule has 2 heteroatoms. The van der Waals surface area contributed by atoms with Crippen LogP contribution < -0.4 is 4.90 Å². The van der Waals surface area contributed by atoms with E-state index in [9.17, 15) is 0 Å². The summed E-state index contributed by atoms with van der Waals surface area (Å²) in [7, 11) is 0. The second kappa shape index (κ2) is 13.2. The van der Waals surface area contributed by atoms with Crippen molar-refractivity contribution in [2.45, 2.75) is 12.3 Å². The van der Waals surface area contributed by atoms with Gasteiger partial charge in [-0.25, -0.2) is 0 Å². The Morgan fingerprint density at radius 3 is 1.88 bits per heavy atom. The Morgan fingerprint density at radius 2 is 1.10 bits per heavy atom. The maximum Gasteiger partial charge on any atom is 0.0467 e. The molecule has 7 aromatic carbocycles. The van der Waals surface area contributed by atoms with Gasteiger partial charge in [0, 0.05) is 43.2 Å². The van der Waals surface area contributed by atoms with Gasteiger partial charge in [0.15, 0.2) is 0 Å². The third-order valence-electron chi connectivity index (χ3n) is 9.81. The monoisotopic (exact) mass is 657 g/mol. The first-order valence-electron chi connectivity index (χ1n) is 17.3. The van der Waals surface area contributed by atoms with E-state index in [1.165, 1.54) is 59.1 Å². The van der Waals surface area contributed by atoms with Crippen LogP contribution in [0.2, 0.25) is 0 Å². The molecule has 1 aliphatic rings. The summed E-state index contributed by atoms with van der Waals surface area (Å²) in [5.74, 6) is 0.341. The molecule has 1 aliphatic carbocycles. The van der Waals surface area contributed by atoms with Gasteiger partial charge < -0.3 is 4.90 Å². The zero-order valence-electron chi connectivity index (χ0n) is 27.6. The highest BCUT2D eigenvalue weighted by atomic mass is 32.1. The van der Waals surface area contributed by atoms with Crippen LogP contribution in [-0.4, -0.2) is 0 Å². The lowest BCUT2D eigenvalue weighted by Crippen LogP contribution is -2.10. The molecule has 0 radical (unpaired) electrons. The summed E-state index contributed by atoms with van der Waals surface area (Å²) in [4.78, 5) is 2.39. The predicted molar refractivity (Wildman–Crippen MR) is 216 cm³/mol. The summed E-state index contributed by atoms with van der Waals surface area (Å²) in [6, 6.07) is 63.9. The molecule has 1 aromatic heterocycles. The first kappa shape index (κ1) is 30.1. The SMILES string of the molecule is C1=CC(c2ccccc2)=CC(c2ccc(N(c3ccc(-c4ccccc4)cc3)c3cccc(-c4cccc5c4sc4ccccc45)c3)cc2)C1. The van der Waals surface area contributed by atoms with Crippen LogP contribution in [0.25, 0.3) is 48.0 Å². The van der Waals surface area contributed by atoms with E-state index in [0.29, 0.717) is 5.92 Å². The average Bonchev–Trinajstić information content (AvgIpc) is 3.59. The Balaban J connectivity index is 1.12. The number of hydrogen-bond acceptors (Lipinski definition) is 2. The molecule has 238 valence electrons. The maximum absolute atomic E-state index is 2.42. The normalized spacial score (nSPS) is 14.2. The lowest BCUT2D eigenvalue weighted by Gasteiger charge is -2.27. The third-order valence-corrected chi connectivity index (χ3v) is 11.0. The molecule has 1 unspecified atom stereocenters. The Labute approximate surface area is 297 Å². The van der Waals surface area contributed by atoms with E-state index in [2.05, 4.69) is 199 Å². The topological polar surface area (TPSA) is 3.24 Å². The van der Waals surface area contributed by atoms with Crippen LogP contribution in [0.3, 0.4) is 0 Å². The number of benzene rings is 7. The van der Waals surface area contributed by atoms with E-state index in [1.54, 1.807) is 0 Å². The number of fused-ring (bicyclic) bond motifs is 3. The first-order chi connectivity index (χ1) is 24.8. The van der Waals surface area contributed by atoms with Gasteiger partial charge in [-0.2, -0.15) is 0 Å². The van der Waals surface area contributed by atoms with Crippen LogP contribution in [0.15, 0.2) is 194 Å². The number of thiophene rings is 1. The van der Waals surface area contributed by atoms with Crippen LogP contribution in [-0.2, 0) is 0 Å². The molecule has 9 rings (SSSR count). The minimum Gasteiger partial charge on any atom is -0.310 e. The Bertz CT molecular complexity index is 2490. The highest BCUT2D eigenvalue weighted by Gasteiger charge is 2.18. The zero-order valence-corrected chi connectivity index (χ0v) is 28.4. The average molecular weight is 658 g/mol. The van der Waals surface area contributed by atoms with Gasteiger partial charge in [-0.15, -0.1) is 11.3 Å². The molecule has 0 saturated heterocycles. The molecule has 0 bridgehead atoms. The zero-order chi connectivity index (χ0) is 33.3. The van der Waals surface area contributed by atoms with Crippen molar-refractivity contribution in [3.05, 3.63) is 205 Å². The minimum atomic E-state index is 0.341. The quantitative estimate of drug-likeness (QED) is 0.165. The van der Waals surface area contributed by atoms with Gasteiger partial charge in [-0.1, -0.05) is 152 Å². The summed E-state index contributed by atoms with van der Waals surface area (Å²) in [6.45, 7) is 0. The van der Waals surface area contributed by atoms with Gasteiger partial charge >= 0.3 is 0 Å². The summed E-state index contributed by atoms with van der Waals surface area (Å²) in [5.41, 5.74) is 12.2. The summed E-state index contributed by atoms with van der Waals surface area (Å²) >= 11 is 1.88. The van der Waals surface area contributed by atoms with Gasteiger partial charge in [0.05, 0.1) is 0 Å². The number of allylic oxidation sites excluding steroid dienone is 4. The molecule has 0 fully saturated rings. The molecule has 0 saturated carbocycles. The first-order valence-corrected chi connectivity index (χ1v) is 18.1. The van der Waals surface area contributed by atoms with E-state index in [0.717, 1.165) is 23.5 Å². The maximum atomic E-state index is 2.42. The lowest BCUT2D eigenvalue weighted by molar-refractivity contribution is 0.857. The van der Waals surface area contributed by atoms with Crippen LogP contribution in [0, 0.1) is 0 Å². The van der Waals surface area contributed by atoms with Crippen molar-refractivity contribution in [2.24, 2.45) is 0 Å². The molecule has 0 spiro atoms. The van der Waals surface area contributed by atoms with Crippen molar-refractivity contribution in [2.75, 3.05) is 4.90 Å². The van der Waals surface area contributed by atoms with Gasteiger partial charge in [-0.05, 0) is 87.8 Å². The fourth-order valence-corrected chi connectivity index (χ4v) is 8.51. The van der Waals surface area contributed by atoms with Crippen molar-refractivity contribution < 1.29 is 0 Å². The van der Waals surface area contributed by atoms with Crippen molar-refractivity contribution in [1.29, 1.82) is 0 Å². The predicted octanol–water partition coefficient (Wildman–Crippen LogP) is 14.0. The Kier molecular flexibility index (Phi) is 7.93. The molecule has 1 nitrogen and oxygen atoms in total. The molecular formula is C48H35NS. The van der Waals surface area contributed by atoms with Gasteiger partial charge in [0.2, 0.25) is 0 Å². The van der Waals surface area contributed by atoms with E-state index < -0.39 is 0 Å². The Morgan fingerprint density at radius 1 is 0.480 bits per heavy atom. The van der Waals surface area contributed by atoms with Crippen molar-refractivity contribution in [1.82, 2.24) is 0 Å². The highest BCUT2D eigenvalue weighted by Crippen LogP contribution is 2.43. The van der Waals surface area contributed by atoms with Crippen LogP contribution in [0.5, 0.6) is 0 Å². The summed E-state index contributed by atoms with van der Waals surface area (Å²) in [5, 5.41) is 2.64. The van der Waals surface area contributed by atoms with Crippen LogP contribution in [0.4, 0.5) is 17.1 Å². The summed E-state index contributed by atoms with van der Waals surface area (Å²) in [6.07, 6.45) is 7.99. The van der Waals surface area contributed by atoms with E-state index in [4.69, 9.17) is 0 Å². The molecule has 0 N–H and O–H groups in total. The summed E-state index contributed by atoms with van der Waals surface area (Å²) < 4.78 is 2.66. The van der Waals surface area contributed by atoms with Gasteiger partial charge in [0.1, 0.15) is 0 Å². The number of rotatable bonds is 7. The third kappa shape index (κ3) is 5.74. The van der Waals surface area contributed by atoms with Gasteiger partial charge in [-0.3, -0.25) is 0 Å². The molecule has 1 atom stereocenters. The van der Waals surface area contributed by atoms with E-state index in [1.807, 2.05) is 11.3 Å². The van der Waals surface area contributed by atoms with Crippen LogP contribution >= 0.6 is 11.3 Å². The molecular weight excluding hydrogens is 623 g/mol. The fourth-order valence-electron chi connectivity index (χ4n) is 7.28. The van der Waals surface area contributed by atoms with E-state index in [-0.39, 0.29) is 0 Å². The van der Waals surface area contributed by atoms with Crippen LogP contribution in [0.1, 0.15) is 23.5 Å². The number of nitrogens with zero attached hydrogens (tertiary/aromatic N) is 1. The van der Waals surface area contributed by atoms with Gasteiger partial charge in [0.25, 0.3) is 0 Å². The Hall–Kier alpha value is -5.96. The van der Waals surface area contributed by atoms with Crippen molar-refractivity contribution in [3.8, 4) is 22.3 Å². The highest BCUT2D eigenvalue weighted by molar-refractivity contribution is 7.26. The molecule has 0 aliphatic heterocycles. The second-order valence-corrected chi connectivity index (χ2v) is 14.0. The molecule has 50 heavy (non-hydrogen) atoms. The molecule has 0 amide bonds. The van der Waals surface area contributed by atoms with Crippen molar-refractivity contribution >= 4 is 54.1 Å². The smallest absolute Gasteiger partial charge is 0.0467 e. The fraction of sp³-hybridized carbons (Fsp3) is 0.0417. The number of hydrogen-bond donors (Lipinski definition) is 0.